The smallest absolute Gasteiger partial charge is 0.244 e. The van der Waals surface area contributed by atoms with Gasteiger partial charge in [0.2, 0.25) is 5.91 Å². The van der Waals surface area contributed by atoms with Gasteiger partial charge in [-0.2, -0.15) is 0 Å². The van der Waals surface area contributed by atoms with Crippen LogP contribution in [0.4, 0.5) is 0 Å². The van der Waals surface area contributed by atoms with Gasteiger partial charge in [0, 0.05) is 14.1 Å². The molecular formula is C8H13ClN4O. The van der Waals surface area contributed by atoms with Crippen LogP contribution < -0.4 is 0 Å². The third-order valence-corrected chi connectivity index (χ3v) is 2.22. The first kappa shape index (κ1) is 11.0. The van der Waals surface area contributed by atoms with Crippen molar-refractivity contribution in [3.63, 3.8) is 0 Å². The Kier molecular flexibility index (Phi) is 3.46. The van der Waals surface area contributed by atoms with Crippen LogP contribution in [0.1, 0.15) is 18.8 Å². The molecule has 0 bridgehead atoms. The number of carbonyl (C=O) groups is 1. The lowest BCUT2D eigenvalue weighted by Gasteiger charge is -2.18. The van der Waals surface area contributed by atoms with Crippen molar-refractivity contribution in [2.24, 2.45) is 0 Å². The summed E-state index contributed by atoms with van der Waals surface area (Å²) in [6.07, 6.45) is 1.52. The van der Waals surface area contributed by atoms with Gasteiger partial charge in [-0.05, 0) is 6.92 Å². The summed E-state index contributed by atoms with van der Waals surface area (Å²) in [4.78, 5) is 13.1. The molecule has 5 nitrogen and oxygen atoms in total. The molecule has 1 aromatic heterocycles. The molecule has 0 saturated carbocycles. The minimum Gasteiger partial charge on any atom is -0.347 e. The lowest BCUT2D eigenvalue weighted by Crippen LogP contribution is -2.30. The molecule has 0 aliphatic carbocycles. The van der Waals surface area contributed by atoms with Crippen LogP contribution in [0, 0.1) is 0 Å². The highest BCUT2D eigenvalue weighted by atomic mass is 35.5. The van der Waals surface area contributed by atoms with Gasteiger partial charge in [-0.25, -0.2) is 0 Å². The minimum absolute atomic E-state index is 0.00355. The Morgan fingerprint density at radius 2 is 2.36 bits per heavy atom. The number of hydrogen-bond acceptors (Lipinski definition) is 3. The number of aromatic nitrogens is 3. The zero-order valence-corrected chi connectivity index (χ0v) is 9.19. The molecule has 0 aromatic carbocycles. The Balaban J connectivity index is 2.88. The molecule has 1 aromatic rings. The standard InChI is InChI=1S/C8H13ClN4O/c1-6(8(14)12(2)3)13-5-10-11-7(13)4-9/h5-6H,4H2,1-3H3. The number of halogens is 1. The molecule has 0 spiro atoms. The van der Waals surface area contributed by atoms with E-state index >= 15 is 0 Å². The van der Waals surface area contributed by atoms with E-state index in [9.17, 15) is 4.79 Å². The van der Waals surface area contributed by atoms with Crippen LogP contribution in [0.25, 0.3) is 0 Å². The third-order valence-electron chi connectivity index (χ3n) is 1.98. The van der Waals surface area contributed by atoms with E-state index in [0.29, 0.717) is 5.82 Å². The van der Waals surface area contributed by atoms with Crippen molar-refractivity contribution in [1.82, 2.24) is 19.7 Å². The van der Waals surface area contributed by atoms with Gasteiger partial charge in [0.05, 0.1) is 5.88 Å². The fourth-order valence-corrected chi connectivity index (χ4v) is 1.37. The van der Waals surface area contributed by atoms with Crippen LogP contribution in [0.2, 0.25) is 0 Å². The van der Waals surface area contributed by atoms with Gasteiger partial charge in [-0.3, -0.25) is 4.79 Å². The van der Waals surface area contributed by atoms with E-state index in [1.165, 1.54) is 11.2 Å². The van der Waals surface area contributed by atoms with Crippen LogP contribution in [0.5, 0.6) is 0 Å². The zero-order valence-electron chi connectivity index (χ0n) is 8.44. The van der Waals surface area contributed by atoms with E-state index < -0.39 is 0 Å². The molecule has 1 rings (SSSR count). The van der Waals surface area contributed by atoms with E-state index in [0.717, 1.165) is 0 Å². The average molecular weight is 217 g/mol. The second-order valence-corrected chi connectivity index (χ2v) is 3.46. The molecule has 0 fully saturated rings. The maximum atomic E-state index is 11.6. The molecule has 0 N–H and O–H groups in total. The van der Waals surface area contributed by atoms with E-state index in [4.69, 9.17) is 11.6 Å². The Bertz CT molecular complexity index is 323. The van der Waals surface area contributed by atoms with Crippen LogP contribution >= 0.6 is 11.6 Å². The van der Waals surface area contributed by atoms with Gasteiger partial charge >= 0.3 is 0 Å². The summed E-state index contributed by atoms with van der Waals surface area (Å²) in [6, 6.07) is -0.311. The normalized spacial score (nSPS) is 12.6. The number of rotatable bonds is 3. The number of amides is 1. The number of alkyl halides is 1. The fourth-order valence-electron chi connectivity index (χ4n) is 1.18. The highest BCUT2D eigenvalue weighted by molar-refractivity contribution is 6.16. The monoisotopic (exact) mass is 216 g/mol. The van der Waals surface area contributed by atoms with Crippen LogP contribution in [0.3, 0.4) is 0 Å². The summed E-state index contributed by atoms with van der Waals surface area (Å²) < 4.78 is 1.68. The van der Waals surface area contributed by atoms with E-state index in [1.54, 1.807) is 25.6 Å². The van der Waals surface area contributed by atoms with Gasteiger partial charge in [0.25, 0.3) is 0 Å². The Morgan fingerprint density at radius 3 is 2.86 bits per heavy atom. The van der Waals surface area contributed by atoms with Crippen LogP contribution in [0.15, 0.2) is 6.33 Å². The first-order valence-corrected chi connectivity index (χ1v) is 4.77. The van der Waals surface area contributed by atoms with Crippen molar-refractivity contribution in [2.75, 3.05) is 14.1 Å². The number of likely N-dealkylation sites (N-methyl/N-ethyl adjacent to an activating group) is 1. The number of nitrogens with zero attached hydrogens (tertiary/aromatic N) is 4. The Labute approximate surface area is 87.7 Å². The van der Waals surface area contributed by atoms with Gasteiger partial charge in [0.15, 0.2) is 0 Å². The summed E-state index contributed by atoms with van der Waals surface area (Å²) in [5.41, 5.74) is 0. The maximum absolute atomic E-state index is 11.6. The number of hydrogen-bond donors (Lipinski definition) is 0. The molecule has 0 radical (unpaired) electrons. The molecule has 14 heavy (non-hydrogen) atoms. The topological polar surface area (TPSA) is 51.0 Å². The molecule has 0 aliphatic rings. The van der Waals surface area contributed by atoms with E-state index in [-0.39, 0.29) is 17.8 Å². The predicted molar refractivity (Wildman–Crippen MR) is 53.0 cm³/mol. The predicted octanol–water partition coefficient (Wildman–Crippen LogP) is 0.666. The summed E-state index contributed by atoms with van der Waals surface area (Å²) in [5.74, 6) is 0.857. The van der Waals surface area contributed by atoms with Gasteiger partial charge in [-0.15, -0.1) is 21.8 Å². The Hall–Kier alpha value is -1.10. The fraction of sp³-hybridized carbons (Fsp3) is 0.625. The molecule has 6 heteroatoms. The van der Waals surface area contributed by atoms with Crippen molar-refractivity contribution < 1.29 is 4.79 Å². The summed E-state index contributed by atoms with van der Waals surface area (Å²) in [6.45, 7) is 1.79. The number of carbonyl (C=O) groups excluding carboxylic acids is 1. The maximum Gasteiger partial charge on any atom is 0.244 e. The second-order valence-electron chi connectivity index (χ2n) is 3.20. The molecule has 1 unspecified atom stereocenters. The highest BCUT2D eigenvalue weighted by Crippen LogP contribution is 2.11. The Morgan fingerprint density at radius 1 is 1.71 bits per heavy atom. The first-order valence-electron chi connectivity index (χ1n) is 4.23. The van der Waals surface area contributed by atoms with E-state index in [1.807, 2.05) is 0 Å². The van der Waals surface area contributed by atoms with E-state index in [2.05, 4.69) is 10.2 Å². The van der Waals surface area contributed by atoms with Gasteiger partial charge < -0.3 is 9.47 Å². The van der Waals surface area contributed by atoms with Crippen molar-refractivity contribution in [3.05, 3.63) is 12.2 Å². The first-order chi connectivity index (χ1) is 6.57. The SMILES string of the molecule is CC(C(=O)N(C)C)n1cnnc1CCl. The third kappa shape index (κ3) is 2.04. The minimum atomic E-state index is -0.311. The van der Waals surface area contributed by atoms with Crippen LogP contribution in [-0.4, -0.2) is 39.7 Å². The van der Waals surface area contributed by atoms with Crippen LogP contribution in [-0.2, 0) is 10.7 Å². The summed E-state index contributed by atoms with van der Waals surface area (Å²) in [5, 5.41) is 7.52. The quantitative estimate of drug-likeness (QED) is 0.698. The highest BCUT2D eigenvalue weighted by Gasteiger charge is 2.19. The molecule has 1 amide bonds. The molecule has 1 atom stereocenters. The molecule has 78 valence electrons. The van der Waals surface area contributed by atoms with Crippen molar-refractivity contribution in [1.29, 1.82) is 0 Å². The van der Waals surface area contributed by atoms with Gasteiger partial charge in [0.1, 0.15) is 18.2 Å². The largest absolute Gasteiger partial charge is 0.347 e. The summed E-state index contributed by atoms with van der Waals surface area (Å²) >= 11 is 5.65. The lowest BCUT2D eigenvalue weighted by atomic mass is 10.3. The molecular weight excluding hydrogens is 204 g/mol. The van der Waals surface area contributed by atoms with Crippen molar-refractivity contribution in [3.8, 4) is 0 Å². The lowest BCUT2D eigenvalue weighted by molar-refractivity contribution is -0.131. The molecule has 0 saturated heterocycles. The molecule has 0 aliphatic heterocycles. The van der Waals surface area contributed by atoms with Crippen molar-refractivity contribution >= 4 is 17.5 Å². The summed E-state index contributed by atoms with van der Waals surface area (Å²) in [7, 11) is 3.42. The molecule has 1 heterocycles. The average Bonchev–Trinajstić information content (AvgIpc) is 2.62. The van der Waals surface area contributed by atoms with Crippen molar-refractivity contribution in [2.45, 2.75) is 18.8 Å². The van der Waals surface area contributed by atoms with Gasteiger partial charge in [-0.1, -0.05) is 0 Å². The second kappa shape index (κ2) is 4.41. The zero-order chi connectivity index (χ0) is 10.7.